The molecular weight excluding hydrogens is 310 g/mol. The number of hydrogen-bond acceptors (Lipinski definition) is 4. The van der Waals surface area contributed by atoms with E-state index in [9.17, 15) is 0 Å². The predicted octanol–water partition coefficient (Wildman–Crippen LogP) is 3.67. The highest BCUT2D eigenvalue weighted by atomic mass is 16.3. The van der Waals surface area contributed by atoms with E-state index in [4.69, 9.17) is 4.42 Å². The number of dihydropyridines is 1. The molecule has 0 amide bonds. The van der Waals surface area contributed by atoms with Crippen LogP contribution in [0.1, 0.15) is 56.5 Å². The second kappa shape index (κ2) is 7.79. The van der Waals surface area contributed by atoms with E-state index in [0.29, 0.717) is 0 Å². The van der Waals surface area contributed by atoms with Gasteiger partial charge in [0.2, 0.25) is 0 Å². The highest BCUT2D eigenvalue weighted by Crippen LogP contribution is 2.36. The van der Waals surface area contributed by atoms with Crippen molar-refractivity contribution in [2.75, 3.05) is 26.7 Å². The molecule has 3 aliphatic rings. The lowest BCUT2D eigenvalue weighted by atomic mass is 9.85. The number of rotatable bonds is 6. The first-order chi connectivity index (χ1) is 12.3. The van der Waals surface area contributed by atoms with Gasteiger partial charge >= 0.3 is 0 Å². The molecule has 0 radical (unpaired) electrons. The first-order valence-corrected chi connectivity index (χ1v) is 9.96. The number of allylic oxidation sites excluding steroid dienone is 2. The third-order valence-corrected chi connectivity index (χ3v) is 6.02. The molecule has 0 saturated carbocycles. The maximum Gasteiger partial charge on any atom is 0.136 e. The number of hydrogen-bond donors (Lipinski definition) is 2. The highest BCUT2D eigenvalue weighted by molar-refractivity contribution is 5.78. The van der Waals surface area contributed by atoms with Gasteiger partial charge in [-0.05, 0) is 88.4 Å². The molecule has 0 bridgehead atoms. The fourth-order valence-electron chi connectivity index (χ4n) is 4.51. The SMILES string of the molecule is CN1CCCC1CCNCc1ccc(C2=CNCC3=C2CCCC3)o1. The van der Waals surface area contributed by atoms with E-state index >= 15 is 0 Å². The average molecular weight is 341 g/mol. The van der Waals surface area contributed by atoms with Crippen LogP contribution in [0.5, 0.6) is 0 Å². The van der Waals surface area contributed by atoms with Gasteiger partial charge in [-0.25, -0.2) is 0 Å². The van der Waals surface area contributed by atoms with Gasteiger partial charge in [0.1, 0.15) is 11.5 Å². The quantitative estimate of drug-likeness (QED) is 0.775. The molecule has 1 unspecified atom stereocenters. The van der Waals surface area contributed by atoms with E-state index in [0.717, 1.165) is 37.2 Å². The van der Waals surface area contributed by atoms with Gasteiger partial charge in [-0.2, -0.15) is 0 Å². The fourth-order valence-corrected chi connectivity index (χ4v) is 4.51. The van der Waals surface area contributed by atoms with Crippen LogP contribution in [0.3, 0.4) is 0 Å². The third-order valence-electron chi connectivity index (χ3n) is 6.02. The van der Waals surface area contributed by atoms with Crippen LogP contribution >= 0.6 is 0 Å². The topological polar surface area (TPSA) is 40.4 Å². The van der Waals surface area contributed by atoms with Crippen molar-refractivity contribution in [2.24, 2.45) is 0 Å². The lowest BCUT2D eigenvalue weighted by molar-refractivity contribution is 0.292. The standard InChI is InChI=1S/C21H31N3O/c1-24-12-4-6-17(24)10-11-22-14-18-8-9-21(25-18)20-15-23-13-16-5-2-3-7-19(16)20/h8-9,15,17,22-23H,2-7,10-14H2,1H3. The molecule has 1 aromatic rings. The molecule has 0 aromatic carbocycles. The van der Waals surface area contributed by atoms with E-state index in [-0.39, 0.29) is 0 Å². The molecule has 1 fully saturated rings. The van der Waals surface area contributed by atoms with Gasteiger partial charge < -0.3 is 20.0 Å². The Balaban J connectivity index is 1.31. The molecule has 136 valence electrons. The van der Waals surface area contributed by atoms with Crippen LogP contribution in [0, 0.1) is 0 Å². The molecule has 1 atom stereocenters. The van der Waals surface area contributed by atoms with Crippen molar-refractivity contribution in [3.63, 3.8) is 0 Å². The number of likely N-dealkylation sites (tertiary alicyclic amines) is 1. The van der Waals surface area contributed by atoms with E-state index in [1.54, 1.807) is 5.57 Å². The Morgan fingerprint density at radius 3 is 3.04 bits per heavy atom. The zero-order chi connectivity index (χ0) is 17.1. The van der Waals surface area contributed by atoms with E-state index in [2.05, 4.69) is 40.9 Å². The molecule has 4 nitrogen and oxygen atoms in total. The van der Waals surface area contributed by atoms with Crippen molar-refractivity contribution in [1.82, 2.24) is 15.5 Å². The largest absolute Gasteiger partial charge is 0.460 e. The summed E-state index contributed by atoms with van der Waals surface area (Å²) in [4.78, 5) is 2.49. The number of nitrogens with one attached hydrogen (secondary N) is 2. The van der Waals surface area contributed by atoms with Crippen molar-refractivity contribution in [2.45, 2.75) is 57.5 Å². The van der Waals surface area contributed by atoms with Gasteiger partial charge in [0, 0.05) is 24.4 Å². The van der Waals surface area contributed by atoms with Gasteiger partial charge in [-0.1, -0.05) is 0 Å². The molecule has 0 spiro atoms. The Bertz CT molecular complexity index is 658. The van der Waals surface area contributed by atoms with Gasteiger partial charge in [-0.15, -0.1) is 0 Å². The lowest BCUT2D eigenvalue weighted by Gasteiger charge is -2.25. The van der Waals surface area contributed by atoms with Gasteiger partial charge in [0.25, 0.3) is 0 Å². The maximum absolute atomic E-state index is 6.15. The minimum Gasteiger partial charge on any atom is -0.460 e. The van der Waals surface area contributed by atoms with Crippen molar-refractivity contribution in [3.05, 3.63) is 41.0 Å². The Kier molecular flexibility index (Phi) is 5.28. The molecule has 1 aromatic heterocycles. The van der Waals surface area contributed by atoms with E-state index < -0.39 is 0 Å². The minimum atomic E-state index is 0.759. The Morgan fingerprint density at radius 1 is 1.24 bits per heavy atom. The summed E-state index contributed by atoms with van der Waals surface area (Å²) < 4.78 is 6.15. The molecule has 3 heterocycles. The normalized spacial score (nSPS) is 24.2. The van der Waals surface area contributed by atoms with Crippen LogP contribution in [0.15, 0.2) is 33.9 Å². The van der Waals surface area contributed by atoms with Gasteiger partial charge in [0.05, 0.1) is 6.54 Å². The van der Waals surface area contributed by atoms with Gasteiger partial charge in [0.15, 0.2) is 0 Å². The van der Waals surface area contributed by atoms with Crippen molar-refractivity contribution >= 4 is 5.57 Å². The third kappa shape index (κ3) is 3.85. The van der Waals surface area contributed by atoms with Crippen molar-refractivity contribution in [1.29, 1.82) is 0 Å². The number of nitrogens with zero attached hydrogens (tertiary/aromatic N) is 1. The minimum absolute atomic E-state index is 0.759. The monoisotopic (exact) mass is 341 g/mol. The predicted molar refractivity (Wildman–Crippen MR) is 102 cm³/mol. The molecule has 1 saturated heterocycles. The van der Waals surface area contributed by atoms with Crippen molar-refractivity contribution < 1.29 is 4.42 Å². The Morgan fingerprint density at radius 2 is 2.16 bits per heavy atom. The highest BCUT2D eigenvalue weighted by Gasteiger charge is 2.22. The zero-order valence-corrected chi connectivity index (χ0v) is 15.4. The Hall–Kier alpha value is -1.52. The molecule has 2 aliphatic heterocycles. The summed E-state index contributed by atoms with van der Waals surface area (Å²) in [6.45, 7) is 4.16. The number of furan rings is 1. The van der Waals surface area contributed by atoms with Gasteiger partial charge in [-0.3, -0.25) is 0 Å². The average Bonchev–Trinajstić information content (AvgIpc) is 3.27. The van der Waals surface area contributed by atoms with Crippen LogP contribution in [-0.2, 0) is 6.54 Å². The van der Waals surface area contributed by atoms with Crippen LogP contribution in [0.2, 0.25) is 0 Å². The summed E-state index contributed by atoms with van der Waals surface area (Å²) in [5, 5.41) is 6.98. The van der Waals surface area contributed by atoms with Crippen LogP contribution in [-0.4, -0.2) is 37.6 Å². The second-order valence-electron chi connectivity index (χ2n) is 7.74. The van der Waals surface area contributed by atoms with Crippen LogP contribution in [0.25, 0.3) is 5.57 Å². The van der Waals surface area contributed by atoms with Crippen molar-refractivity contribution in [3.8, 4) is 0 Å². The summed E-state index contributed by atoms with van der Waals surface area (Å²) in [6, 6.07) is 5.03. The van der Waals surface area contributed by atoms with E-state index in [1.165, 1.54) is 62.6 Å². The summed E-state index contributed by atoms with van der Waals surface area (Å²) in [6.07, 6.45) is 11.2. The van der Waals surface area contributed by atoms with E-state index in [1.807, 2.05) is 0 Å². The first-order valence-electron chi connectivity index (χ1n) is 9.96. The van der Waals surface area contributed by atoms with Crippen LogP contribution in [0.4, 0.5) is 0 Å². The molecule has 1 aliphatic carbocycles. The molecule has 25 heavy (non-hydrogen) atoms. The van der Waals surface area contributed by atoms with Crippen LogP contribution < -0.4 is 10.6 Å². The zero-order valence-electron chi connectivity index (χ0n) is 15.4. The smallest absolute Gasteiger partial charge is 0.136 e. The fraction of sp³-hybridized carbons (Fsp3) is 0.619. The summed E-state index contributed by atoms with van der Waals surface area (Å²) >= 11 is 0. The second-order valence-corrected chi connectivity index (χ2v) is 7.74. The molecule has 4 rings (SSSR count). The Labute approximate surface area is 151 Å². The summed E-state index contributed by atoms with van der Waals surface area (Å²) in [7, 11) is 2.25. The molecular formula is C21H31N3O. The molecule has 2 N–H and O–H groups in total. The lowest BCUT2D eigenvalue weighted by Crippen LogP contribution is -2.28. The summed E-state index contributed by atoms with van der Waals surface area (Å²) in [5.41, 5.74) is 4.39. The summed E-state index contributed by atoms with van der Waals surface area (Å²) in [5.74, 6) is 2.06. The maximum atomic E-state index is 6.15. The molecule has 4 heteroatoms. The first kappa shape index (κ1) is 16.9.